The molecule has 0 aromatic carbocycles. The third kappa shape index (κ3) is 3.59. The van der Waals surface area contributed by atoms with Gasteiger partial charge in [-0.3, -0.25) is 0 Å². The minimum absolute atomic E-state index is 0.183. The zero-order valence-electron chi connectivity index (χ0n) is 12.0. The topological polar surface area (TPSA) is 84.0 Å². The van der Waals surface area contributed by atoms with Gasteiger partial charge < -0.3 is 10.6 Å². The fraction of sp³-hybridized carbons (Fsp3) is 0.692. The first-order chi connectivity index (χ1) is 9.55. The Bertz CT molecular complexity index is 559. The highest BCUT2D eigenvalue weighted by molar-refractivity contribution is 7.91. The van der Waals surface area contributed by atoms with E-state index in [1.807, 2.05) is 6.92 Å². The second kappa shape index (κ2) is 6.39. The third-order valence-electron chi connectivity index (χ3n) is 3.53. The van der Waals surface area contributed by atoms with Crippen LogP contribution >= 0.6 is 0 Å². The van der Waals surface area contributed by atoms with Crippen LogP contribution in [0.4, 0.5) is 11.6 Å². The lowest BCUT2D eigenvalue weighted by molar-refractivity contribution is 0.595. The number of hydrogen-bond donors (Lipinski definition) is 2. The van der Waals surface area contributed by atoms with Crippen molar-refractivity contribution in [3.8, 4) is 0 Å². The predicted octanol–water partition coefficient (Wildman–Crippen LogP) is 1.32. The summed E-state index contributed by atoms with van der Waals surface area (Å²) >= 11 is 0. The van der Waals surface area contributed by atoms with E-state index in [2.05, 4.69) is 27.5 Å². The first-order valence-electron chi connectivity index (χ1n) is 7.07. The smallest absolute Gasteiger partial charge is 0.150 e. The van der Waals surface area contributed by atoms with Crippen molar-refractivity contribution < 1.29 is 8.42 Å². The van der Waals surface area contributed by atoms with Gasteiger partial charge in [0.2, 0.25) is 0 Å². The fourth-order valence-electron chi connectivity index (χ4n) is 2.49. The van der Waals surface area contributed by atoms with Gasteiger partial charge in [-0.05, 0) is 25.7 Å². The summed E-state index contributed by atoms with van der Waals surface area (Å²) in [6.07, 6.45) is 3.10. The maximum atomic E-state index is 11.5. The van der Waals surface area contributed by atoms with E-state index in [0.717, 1.165) is 36.6 Å². The number of nitrogens with zero attached hydrogens (tertiary/aromatic N) is 2. The molecule has 0 radical (unpaired) electrons. The van der Waals surface area contributed by atoms with Crippen molar-refractivity contribution >= 4 is 21.5 Å². The Kier molecular flexibility index (Phi) is 4.80. The molecule has 2 N–H and O–H groups in total. The molecule has 1 aromatic heterocycles. The summed E-state index contributed by atoms with van der Waals surface area (Å²) in [6.45, 7) is 5.54. The van der Waals surface area contributed by atoms with Crippen LogP contribution in [0.3, 0.4) is 0 Å². The number of aromatic nitrogens is 2. The number of sulfone groups is 1. The minimum atomic E-state index is -2.82. The lowest BCUT2D eigenvalue weighted by atomic mass is 10.1. The maximum absolute atomic E-state index is 11.5. The molecule has 1 unspecified atom stereocenters. The number of rotatable bonds is 6. The Hall–Kier alpha value is -1.37. The highest BCUT2D eigenvalue weighted by Crippen LogP contribution is 2.23. The Balaban J connectivity index is 2.04. The van der Waals surface area contributed by atoms with Crippen LogP contribution < -0.4 is 10.6 Å². The lowest BCUT2D eigenvalue weighted by Crippen LogP contribution is -2.18. The van der Waals surface area contributed by atoms with Crippen LogP contribution in [0, 0.1) is 5.92 Å². The highest BCUT2D eigenvalue weighted by atomic mass is 32.2. The second-order valence-electron chi connectivity index (χ2n) is 5.08. The molecule has 1 fully saturated rings. The maximum Gasteiger partial charge on any atom is 0.150 e. The van der Waals surface area contributed by atoms with E-state index < -0.39 is 9.84 Å². The summed E-state index contributed by atoms with van der Waals surface area (Å²) in [5.74, 6) is 2.44. The van der Waals surface area contributed by atoms with E-state index in [4.69, 9.17) is 0 Å². The first-order valence-corrected chi connectivity index (χ1v) is 8.90. The van der Waals surface area contributed by atoms with Crippen LogP contribution in [0.15, 0.2) is 6.33 Å². The standard InChI is InChI=1S/C13H22N4O2S/c1-3-11-12(14-4-2)16-9-17-13(11)15-7-10-5-6-20(18,19)8-10/h9-10H,3-8H2,1-2H3,(H2,14,15,16,17). The van der Waals surface area contributed by atoms with Gasteiger partial charge in [0, 0.05) is 18.7 Å². The predicted molar refractivity (Wildman–Crippen MR) is 80.8 cm³/mol. The largest absolute Gasteiger partial charge is 0.370 e. The summed E-state index contributed by atoms with van der Waals surface area (Å²) < 4.78 is 22.9. The molecular weight excluding hydrogens is 276 g/mol. The molecule has 6 nitrogen and oxygen atoms in total. The van der Waals surface area contributed by atoms with Gasteiger partial charge >= 0.3 is 0 Å². The molecule has 112 valence electrons. The van der Waals surface area contributed by atoms with Gasteiger partial charge in [-0.1, -0.05) is 6.92 Å². The van der Waals surface area contributed by atoms with Crippen LogP contribution in [0.2, 0.25) is 0 Å². The molecule has 1 saturated heterocycles. The molecule has 2 heterocycles. The van der Waals surface area contributed by atoms with Crippen LogP contribution in [-0.4, -0.2) is 43.0 Å². The molecule has 1 atom stereocenters. The zero-order valence-corrected chi connectivity index (χ0v) is 12.8. The van der Waals surface area contributed by atoms with Gasteiger partial charge in [0.25, 0.3) is 0 Å². The number of anilines is 2. The molecule has 0 saturated carbocycles. The second-order valence-corrected chi connectivity index (χ2v) is 7.31. The SMILES string of the molecule is CCNc1ncnc(NCC2CCS(=O)(=O)C2)c1CC. The molecule has 7 heteroatoms. The monoisotopic (exact) mass is 298 g/mol. The molecule has 2 rings (SSSR count). The molecular formula is C13H22N4O2S. The van der Waals surface area contributed by atoms with Gasteiger partial charge in [0.1, 0.15) is 18.0 Å². The van der Waals surface area contributed by atoms with Gasteiger partial charge in [0.15, 0.2) is 9.84 Å². The number of nitrogens with one attached hydrogen (secondary N) is 2. The van der Waals surface area contributed by atoms with E-state index in [0.29, 0.717) is 12.3 Å². The van der Waals surface area contributed by atoms with Crippen LogP contribution in [0.5, 0.6) is 0 Å². The quantitative estimate of drug-likeness (QED) is 0.824. The van der Waals surface area contributed by atoms with Crippen molar-refractivity contribution in [2.45, 2.75) is 26.7 Å². The molecule has 1 aliphatic rings. The van der Waals surface area contributed by atoms with Crippen molar-refractivity contribution in [1.82, 2.24) is 9.97 Å². The van der Waals surface area contributed by atoms with Crippen LogP contribution in [-0.2, 0) is 16.3 Å². The van der Waals surface area contributed by atoms with Crippen LogP contribution in [0.25, 0.3) is 0 Å². The Morgan fingerprint density at radius 3 is 2.50 bits per heavy atom. The summed E-state index contributed by atoms with van der Waals surface area (Å²) in [7, 11) is -2.82. The van der Waals surface area contributed by atoms with Gasteiger partial charge in [-0.2, -0.15) is 0 Å². The van der Waals surface area contributed by atoms with Crippen molar-refractivity contribution in [2.75, 3.05) is 35.2 Å². The van der Waals surface area contributed by atoms with Gasteiger partial charge in [0.05, 0.1) is 11.5 Å². The average molecular weight is 298 g/mol. The van der Waals surface area contributed by atoms with E-state index in [9.17, 15) is 8.42 Å². The fourth-order valence-corrected chi connectivity index (χ4v) is 4.36. The third-order valence-corrected chi connectivity index (χ3v) is 5.37. The zero-order chi connectivity index (χ0) is 14.6. The van der Waals surface area contributed by atoms with Crippen molar-refractivity contribution in [3.63, 3.8) is 0 Å². The van der Waals surface area contributed by atoms with E-state index in [-0.39, 0.29) is 11.7 Å². The molecule has 0 amide bonds. The normalized spacial score (nSPS) is 20.8. The summed E-state index contributed by atoms with van der Waals surface area (Å²) in [4.78, 5) is 8.52. The Morgan fingerprint density at radius 1 is 1.25 bits per heavy atom. The van der Waals surface area contributed by atoms with E-state index in [1.54, 1.807) is 0 Å². The van der Waals surface area contributed by atoms with Crippen molar-refractivity contribution in [3.05, 3.63) is 11.9 Å². The lowest BCUT2D eigenvalue weighted by Gasteiger charge is -2.15. The Labute approximate surface area is 120 Å². The van der Waals surface area contributed by atoms with E-state index in [1.165, 1.54) is 6.33 Å². The summed E-state index contributed by atoms with van der Waals surface area (Å²) in [6, 6.07) is 0. The van der Waals surface area contributed by atoms with Gasteiger partial charge in [-0.15, -0.1) is 0 Å². The summed E-state index contributed by atoms with van der Waals surface area (Å²) in [5.41, 5.74) is 1.05. The summed E-state index contributed by atoms with van der Waals surface area (Å²) in [5, 5.41) is 6.51. The minimum Gasteiger partial charge on any atom is -0.370 e. The first kappa shape index (κ1) is 15.0. The molecule has 0 bridgehead atoms. The molecule has 20 heavy (non-hydrogen) atoms. The Morgan fingerprint density at radius 2 is 1.95 bits per heavy atom. The highest BCUT2D eigenvalue weighted by Gasteiger charge is 2.27. The van der Waals surface area contributed by atoms with Crippen LogP contribution in [0.1, 0.15) is 25.8 Å². The molecule has 0 aliphatic carbocycles. The number of hydrogen-bond acceptors (Lipinski definition) is 6. The van der Waals surface area contributed by atoms with E-state index >= 15 is 0 Å². The molecule has 1 aromatic rings. The molecule has 1 aliphatic heterocycles. The molecule has 0 spiro atoms. The average Bonchev–Trinajstić information content (AvgIpc) is 2.76. The van der Waals surface area contributed by atoms with Gasteiger partial charge in [-0.25, -0.2) is 18.4 Å². The van der Waals surface area contributed by atoms with Crippen molar-refractivity contribution in [1.29, 1.82) is 0 Å². The van der Waals surface area contributed by atoms with Crippen molar-refractivity contribution in [2.24, 2.45) is 5.92 Å².